The highest BCUT2D eigenvalue weighted by atomic mass is 35.5. The number of hydrogen-bond donors (Lipinski definition) is 1. The molecule has 2 amide bonds. The Morgan fingerprint density at radius 2 is 1.64 bits per heavy atom. The lowest BCUT2D eigenvalue weighted by Crippen LogP contribution is -2.46. The Morgan fingerprint density at radius 3 is 2.25 bits per heavy atom. The third kappa shape index (κ3) is 4.84. The molecule has 1 aliphatic heterocycles. The Bertz CT molecular complexity index is 863. The second-order valence-electron chi connectivity index (χ2n) is 6.63. The normalized spacial score (nSPS) is 15.4. The molecular formula is C20H18ClF3N2O2. The number of hydrogen-bond acceptors (Lipinski definition) is 2. The van der Waals surface area contributed by atoms with Crippen LogP contribution in [0.2, 0.25) is 5.02 Å². The number of likely N-dealkylation sites (tertiary alicyclic amines) is 1. The van der Waals surface area contributed by atoms with Crippen molar-refractivity contribution in [2.75, 3.05) is 13.1 Å². The molecule has 0 spiro atoms. The standard InChI is InChI=1S/C20H18ClF3N2O2/c21-16-11-14(10-15(12-16)20(22,23)24)18(27)25-17-6-8-26(9-7-17)19(28)13-4-2-1-3-5-13/h1-5,10-12,17H,6-9H2,(H,25,27). The van der Waals surface area contributed by atoms with Crippen molar-refractivity contribution < 1.29 is 22.8 Å². The number of nitrogens with one attached hydrogen (secondary N) is 1. The molecule has 0 saturated carbocycles. The van der Waals surface area contributed by atoms with E-state index in [0.29, 0.717) is 31.5 Å². The van der Waals surface area contributed by atoms with Crippen LogP contribution in [0.3, 0.4) is 0 Å². The van der Waals surface area contributed by atoms with Crippen LogP contribution >= 0.6 is 11.6 Å². The first kappa shape index (κ1) is 20.2. The van der Waals surface area contributed by atoms with Gasteiger partial charge in [-0.3, -0.25) is 9.59 Å². The number of piperidine rings is 1. The summed E-state index contributed by atoms with van der Waals surface area (Å²) >= 11 is 5.73. The molecule has 0 aromatic heterocycles. The van der Waals surface area contributed by atoms with Crippen molar-refractivity contribution in [3.63, 3.8) is 0 Å². The van der Waals surface area contributed by atoms with E-state index in [4.69, 9.17) is 11.6 Å². The Kier molecular flexibility index (Phi) is 5.93. The summed E-state index contributed by atoms with van der Waals surface area (Å²) in [5, 5.41) is 2.59. The molecule has 0 bridgehead atoms. The van der Waals surface area contributed by atoms with Crippen molar-refractivity contribution in [2.45, 2.75) is 25.1 Å². The van der Waals surface area contributed by atoms with Gasteiger partial charge in [0.15, 0.2) is 0 Å². The number of benzene rings is 2. The fourth-order valence-electron chi connectivity index (χ4n) is 3.14. The lowest BCUT2D eigenvalue weighted by molar-refractivity contribution is -0.137. The van der Waals surface area contributed by atoms with Crippen molar-refractivity contribution >= 4 is 23.4 Å². The predicted octanol–water partition coefficient (Wildman–Crippen LogP) is 4.39. The lowest BCUT2D eigenvalue weighted by Gasteiger charge is -2.32. The fourth-order valence-corrected chi connectivity index (χ4v) is 3.38. The minimum atomic E-state index is -4.58. The van der Waals surface area contributed by atoms with Crippen LogP contribution < -0.4 is 5.32 Å². The van der Waals surface area contributed by atoms with Gasteiger partial charge in [-0.05, 0) is 43.2 Å². The minimum Gasteiger partial charge on any atom is -0.349 e. The van der Waals surface area contributed by atoms with E-state index in [9.17, 15) is 22.8 Å². The summed E-state index contributed by atoms with van der Waals surface area (Å²) in [4.78, 5) is 26.5. The Hall–Kier alpha value is -2.54. The van der Waals surface area contributed by atoms with Crippen LogP contribution in [0.5, 0.6) is 0 Å². The van der Waals surface area contributed by atoms with E-state index >= 15 is 0 Å². The monoisotopic (exact) mass is 410 g/mol. The Morgan fingerprint density at radius 1 is 1.00 bits per heavy atom. The number of carbonyl (C=O) groups excluding carboxylic acids is 2. The van der Waals surface area contributed by atoms with Crippen LogP contribution in [0.25, 0.3) is 0 Å². The smallest absolute Gasteiger partial charge is 0.349 e. The number of halogens is 4. The zero-order valence-electron chi connectivity index (χ0n) is 14.8. The molecule has 4 nitrogen and oxygen atoms in total. The quantitative estimate of drug-likeness (QED) is 0.815. The molecule has 0 unspecified atom stereocenters. The summed E-state index contributed by atoms with van der Waals surface area (Å²) in [6.45, 7) is 0.921. The molecule has 3 rings (SSSR count). The summed E-state index contributed by atoms with van der Waals surface area (Å²) in [7, 11) is 0. The molecule has 0 aliphatic carbocycles. The molecule has 148 valence electrons. The molecule has 1 heterocycles. The van der Waals surface area contributed by atoms with Crippen LogP contribution in [0, 0.1) is 0 Å². The van der Waals surface area contributed by atoms with Crippen molar-refractivity contribution in [3.05, 3.63) is 70.2 Å². The number of amides is 2. The van der Waals surface area contributed by atoms with Crippen molar-refractivity contribution in [1.29, 1.82) is 0 Å². The molecule has 2 aromatic rings. The Balaban J connectivity index is 1.60. The summed E-state index contributed by atoms with van der Waals surface area (Å²) < 4.78 is 38.7. The predicted molar refractivity (Wildman–Crippen MR) is 99.3 cm³/mol. The largest absolute Gasteiger partial charge is 0.416 e. The van der Waals surface area contributed by atoms with E-state index in [0.717, 1.165) is 12.1 Å². The van der Waals surface area contributed by atoms with Crippen molar-refractivity contribution in [1.82, 2.24) is 10.2 Å². The SMILES string of the molecule is O=C(NC1CCN(C(=O)c2ccccc2)CC1)c1cc(Cl)cc(C(F)(F)F)c1. The molecule has 1 saturated heterocycles. The van der Waals surface area contributed by atoms with Gasteiger partial charge in [0.05, 0.1) is 5.56 Å². The average molecular weight is 411 g/mol. The molecular weight excluding hydrogens is 393 g/mol. The lowest BCUT2D eigenvalue weighted by atomic mass is 10.0. The van der Waals surface area contributed by atoms with Gasteiger partial charge in [0, 0.05) is 35.3 Å². The second-order valence-corrected chi connectivity index (χ2v) is 7.07. The highest BCUT2D eigenvalue weighted by molar-refractivity contribution is 6.31. The van der Waals surface area contributed by atoms with Crippen molar-refractivity contribution in [3.8, 4) is 0 Å². The molecule has 8 heteroatoms. The Labute approximate surface area is 165 Å². The summed E-state index contributed by atoms with van der Waals surface area (Å²) in [6, 6.07) is 11.5. The third-order valence-corrected chi connectivity index (χ3v) is 4.84. The molecule has 1 fully saturated rings. The summed E-state index contributed by atoms with van der Waals surface area (Å²) in [5.74, 6) is -0.684. The third-order valence-electron chi connectivity index (χ3n) is 4.63. The van der Waals surface area contributed by atoms with E-state index in [1.165, 1.54) is 6.07 Å². The minimum absolute atomic E-state index is 0.0740. The maximum atomic E-state index is 12.9. The van der Waals surface area contributed by atoms with Crippen LogP contribution in [-0.2, 0) is 6.18 Å². The van der Waals surface area contributed by atoms with Gasteiger partial charge >= 0.3 is 6.18 Å². The molecule has 0 atom stereocenters. The maximum absolute atomic E-state index is 12.9. The van der Waals surface area contributed by atoms with Gasteiger partial charge < -0.3 is 10.2 Å². The summed E-state index contributed by atoms with van der Waals surface area (Å²) in [5.41, 5.74) is -0.500. The molecule has 2 aromatic carbocycles. The van der Waals surface area contributed by atoms with Crippen LogP contribution in [0.1, 0.15) is 39.1 Å². The number of rotatable bonds is 3. The zero-order valence-corrected chi connectivity index (χ0v) is 15.6. The highest BCUT2D eigenvalue weighted by Gasteiger charge is 2.32. The van der Waals surface area contributed by atoms with Crippen molar-refractivity contribution in [2.24, 2.45) is 0 Å². The van der Waals surface area contributed by atoms with E-state index in [2.05, 4.69) is 5.32 Å². The van der Waals surface area contributed by atoms with E-state index in [-0.39, 0.29) is 22.5 Å². The first-order valence-electron chi connectivity index (χ1n) is 8.77. The van der Waals surface area contributed by atoms with E-state index < -0.39 is 17.6 Å². The number of carbonyl (C=O) groups is 2. The van der Waals surface area contributed by atoms with Crippen LogP contribution in [0.15, 0.2) is 48.5 Å². The fraction of sp³-hybridized carbons (Fsp3) is 0.300. The van der Waals surface area contributed by atoms with E-state index in [1.54, 1.807) is 29.2 Å². The number of nitrogens with zero attached hydrogens (tertiary/aromatic N) is 1. The maximum Gasteiger partial charge on any atom is 0.416 e. The summed E-state index contributed by atoms with van der Waals surface area (Å²) in [6.07, 6.45) is -3.53. The number of alkyl halides is 3. The second kappa shape index (κ2) is 8.22. The van der Waals surface area contributed by atoms with Gasteiger partial charge in [0.1, 0.15) is 0 Å². The molecule has 0 radical (unpaired) electrons. The molecule has 28 heavy (non-hydrogen) atoms. The van der Waals surface area contributed by atoms with E-state index in [1.807, 2.05) is 6.07 Å². The van der Waals surface area contributed by atoms with Gasteiger partial charge in [-0.1, -0.05) is 29.8 Å². The topological polar surface area (TPSA) is 49.4 Å². The van der Waals surface area contributed by atoms with Gasteiger partial charge in [-0.15, -0.1) is 0 Å². The molecule has 1 aliphatic rings. The molecule has 1 N–H and O–H groups in total. The van der Waals surface area contributed by atoms with Crippen LogP contribution in [0.4, 0.5) is 13.2 Å². The van der Waals surface area contributed by atoms with Gasteiger partial charge in [-0.25, -0.2) is 0 Å². The average Bonchev–Trinajstić information content (AvgIpc) is 2.67. The van der Waals surface area contributed by atoms with Gasteiger partial charge in [-0.2, -0.15) is 13.2 Å². The van der Waals surface area contributed by atoms with Gasteiger partial charge in [0.25, 0.3) is 11.8 Å². The van der Waals surface area contributed by atoms with Gasteiger partial charge in [0.2, 0.25) is 0 Å². The van der Waals surface area contributed by atoms with Crippen LogP contribution in [-0.4, -0.2) is 35.8 Å². The highest BCUT2D eigenvalue weighted by Crippen LogP contribution is 2.32. The zero-order chi connectivity index (χ0) is 20.3. The first-order valence-corrected chi connectivity index (χ1v) is 9.15. The first-order chi connectivity index (χ1) is 13.2.